The van der Waals surface area contributed by atoms with Crippen LogP contribution < -0.4 is 5.48 Å². The van der Waals surface area contributed by atoms with E-state index in [4.69, 9.17) is 5.21 Å². The molecule has 0 bridgehead atoms. The van der Waals surface area contributed by atoms with Crippen molar-refractivity contribution in [3.05, 3.63) is 100 Å². The predicted molar refractivity (Wildman–Crippen MR) is 105 cm³/mol. The van der Waals surface area contributed by atoms with Crippen molar-refractivity contribution in [1.82, 2.24) is 9.79 Å². The van der Waals surface area contributed by atoms with Crippen LogP contribution in [0.4, 0.5) is 22.0 Å². The fourth-order valence-corrected chi connectivity index (χ4v) is 4.51. The predicted octanol–water partition coefficient (Wildman–Crippen LogP) is 3.89. The van der Waals surface area contributed by atoms with Crippen LogP contribution in [0, 0.1) is 29.1 Å². The van der Waals surface area contributed by atoms with E-state index in [0.29, 0.717) is 9.87 Å². The van der Waals surface area contributed by atoms with Gasteiger partial charge in [-0.05, 0) is 23.3 Å². The largest absolute Gasteiger partial charge is 0.288 e. The number of hydrogen-bond donors (Lipinski definition) is 2. The molecule has 0 unspecified atom stereocenters. The molecule has 0 heterocycles. The number of amides is 1. The van der Waals surface area contributed by atoms with Gasteiger partial charge in [0.2, 0.25) is 15.8 Å². The third kappa shape index (κ3) is 4.87. The van der Waals surface area contributed by atoms with Gasteiger partial charge >= 0.3 is 0 Å². The molecule has 3 rings (SSSR count). The van der Waals surface area contributed by atoms with Gasteiger partial charge in [0.05, 0.1) is 0 Å². The Morgan fingerprint density at radius 1 is 0.758 bits per heavy atom. The topological polar surface area (TPSA) is 86.7 Å². The molecule has 1 amide bonds. The van der Waals surface area contributed by atoms with E-state index in [9.17, 15) is 35.2 Å². The molecule has 0 aromatic heterocycles. The number of sulfonamides is 1. The Morgan fingerprint density at radius 3 is 1.70 bits per heavy atom. The molecule has 0 aliphatic rings. The van der Waals surface area contributed by atoms with Gasteiger partial charge in [-0.2, -0.15) is 4.31 Å². The zero-order chi connectivity index (χ0) is 24.3. The summed E-state index contributed by atoms with van der Waals surface area (Å²) >= 11 is 0. The number of hydrogen-bond acceptors (Lipinski definition) is 4. The molecule has 0 saturated carbocycles. The fraction of sp³-hybridized carbons (Fsp3) is 0.0952. The maximum absolute atomic E-state index is 14.3. The molecule has 3 aromatic carbocycles. The molecule has 0 aliphatic carbocycles. The van der Waals surface area contributed by atoms with Gasteiger partial charge in [-0.25, -0.2) is 35.8 Å². The summed E-state index contributed by atoms with van der Waals surface area (Å²) < 4.78 is 96.2. The Morgan fingerprint density at radius 2 is 1.21 bits per heavy atom. The van der Waals surface area contributed by atoms with Gasteiger partial charge in [-0.15, -0.1) is 0 Å². The molecule has 0 aliphatic heterocycles. The molecule has 2 N–H and O–H groups in total. The van der Waals surface area contributed by atoms with Crippen LogP contribution >= 0.6 is 0 Å². The lowest BCUT2D eigenvalue weighted by atomic mass is 10.1. The van der Waals surface area contributed by atoms with Crippen LogP contribution in [0.2, 0.25) is 0 Å². The summed E-state index contributed by atoms with van der Waals surface area (Å²) in [5.41, 5.74) is 2.05. The second kappa shape index (κ2) is 9.65. The summed E-state index contributed by atoms with van der Waals surface area (Å²) in [6.45, 7) is -0.987. The normalized spacial score (nSPS) is 11.6. The van der Waals surface area contributed by atoms with Crippen LogP contribution in [-0.4, -0.2) is 23.8 Å². The van der Waals surface area contributed by atoms with E-state index < -0.39 is 63.0 Å². The monoisotopic (exact) mass is 486 g/mol. The highest BCUT2D eigenvalue weighted by Gasteiger charge is 2.37. The minimum Gasteiger partial charge on any atom is -0.288 e. The summed E-state index contributed by atoms with van der Waals surface area (Å²) in [6.07, 6.45) is 0. The van der Waals surface area contributed by atoms with E-state index in [2.05, 4.69) is 0 Å². The maximum Gasteiger partial charge on any atom is 0.274 e. The van der Waals surface area contributed by atoms with Gasteiger partial charge in [-0.3, -0.25) is 10.0 Å². The number of benzene rings is 3. The molecule has 6 nitrogen and oxygen atoms in total. The first kappa shape index (κ1) is 24.3. The first-order chi connectivity index (χ1) is 15.6. The van der Waals surface area contributed by atoms with E-state index in [1.165, 1.54) is 41.9 Å². The molecule has 3 aromatic rings. The Labute approximate surface area is 184 Å². The number of nitrogens with one attached hydrogen (secondary N) is 1. The number of carbonyl (C=O) groups is 1. The number of carbonyl (C=O) groups excluding carboxylic acids is 1. The van der Waals surface area contributed by atoms with Crippen molar-refractivity contribution in [3.8, 4) is 0 Å². The first-order valence-electron chi connectivity index (χ1n) is 9.16. The van der Waals surface area contributed by atoms with Crippen molar-refractivity contribution in [2.45, 2.75) is 18.0 Å². The molecule has 0 saturated heterocycles. The number of halogens is 5. The molecule has 0 fully saturated rings. The molecule has 33 heavy (non-hydrogen) atoms. The Hall–Kier alpha value is -3.35. The highest BCUT2D eigenvalue weighted by atomic mass is 32.2. The Kier molecular flexibility index (Phi) is 7.10. The fourth-order valence-electron chi connectivity index (χ4n) is 2.98. The molecule has 0 radical (unpaired) electrons. The van der Waals surface area contributed by atoms with Crippen molar-refractivity contribution < 1.29 is 40.4 Å². The van der Waals surface area contributed by atoms with E-state index in [1.54, 1.807) is 18.2 Å². The van der Waals surface area contributed by atoms with E-state index in [0.717, 1.165) is 0 Å². The molecule has 0 atom stereocenters. The quantitative estimate of drug-likeness (QED) is 0.174. The lowest BCUT2D eigenvalue weighted by molar-refractivity contribution is 0.0706. The van der Waals surface area contributed by atoms with Gasteiger partial charge in [0.25, 0.3) is 5.91 Å². The molecule has 174 valence electrons. The highest BCUT2D eigenvalue weighted by molar-refractivity contribution is 7.89. The van der Waals surface area contributed by atoms with Crippen molar-refractivity contribution in [1.29, 1.82) is 0 Å². The first-order valence-corrected chi connectivity index (χ1v) is 10.6. The van der Waals surface area contributed by atoms with E-state index in [-0.39, 0.29) is 11.1 Å². The third-order valence-corrected chi connectivity index (χ3v) is 6.46. The van der Waals surface area contributed by atoms with Crippen LogP contribution in [0.1, 0.15) is 21.5 Å². The smallest absolute Gasteiger partial charge is 0.274 e. The molecular weight excluding hydrogens is 471 g/mol. The molecule has 0 spiro atoms. The maximum atomic E-state index is 14.3. The minimum absolute atomic E-state index is 0.0264. The van der Waals surface area contributed by atoms with Crippen LogP contribution in [0.25, 0.3) is 0 Å². The van der Waals surface area contributed by atoms with Crippen LogP contribution in [0.15, 0.2) is 59.5 Å². The van der Waals surface area contributed by atoms with Gasteiger partial charge in [0, 0.05) is 18.7 Å². The summed E-state index contributed by atoms with van der Waals surface area (Å²) in [7, 11) is -5.23. The number of hydroxylamine groups is 1. The van der Waals surface area contributed by atoms with Gasteiger partial charge in [0.1, 0.15) is 0 Å². The van der Waals surface area contributed by atoms with E-state index in [1.807, 2.05) is 0 Å². The van der Waals surface area contributed by atoms with Crippen LogP contribution in [0.5, 0.6) is 0 Å². The summed E-state index contributed by atoms with van der Waals surface area (Å²) in [5.74, 6) is -13.0. The van der Waals surface area contributed by atoms with Gasteiger partial charge < -0.3 is 0 Å². The van der Waals surface area contributed by atoms with E-state index >= 15 is 0 Å². The van der Waals surface area contributed by atoms with Crippen molar-refractivity contribution >= 4 is 15.9 Å². The summed E-state index contributed by atoms with van der Waals surface area (Å²) in [5, 5.41) is 8.67. The van der Waals surface area contributed by atoms with Crippen LogP contribution in [0.3, 0.4) is 0 Å². The zero-order valence-corrected chi connectivity index (χ0v) is 17.3. The average Bonchev–Trinajstić information content (AvgIpc) is 2.81. The number of rotatable bonds is 7. The van der Waals surface area contributed by atoms with Crippen LogP contribution in [-0.2, 0) is 23.1 Å². The summed E-state index contributed by atoms with van der Waals surface area (Å²) in [6, 6.07) is 12.9. The van der Waals surface area contributed by atoms with Crippen molar-refractivity contribution in [2.75, 3.05) is 0 Å². The average molecular weight is 486 g/mol. The zero-order valence-electron chi connectivity index (χ0n) is 16.5. The summed E-state index contributed by atoms with van der Waals surface area (Å²) in [4.78, 5) is 9.48. The van der Waals surface area contributed by atoms with Crippen molar-refractivity contribution in [2.24, 2.45) is 0 Å². The lowest BCUT2D eigenvalue weighted by Crippen LogP contribution is -2.32. The van der Waals surface area contributed by atoms with Gasteiger partial charge in [-0.1, -0.05) is 42.5 Å². The molecular formula is C21H15F5N2O4S. The second-order valence-corrected chi connectivity index (χ2v) is 8.67. The standard InChI is InChI=1S/C21H15F5N2O4S/c22-15-16(23)18(25)20(19(26)17(15)24)33(31,32)28(10-12-4-2-1-3-5-12)11-13-6-8-14(9-7-13)21(29)27-30/h1-9,30H,10-11H2,(H,27,29). The SMILES string of the molecule is O=C(NO)c1ccc(CN(Cc2ccccc2)S(=O)(=O)c2c(F)c(F)c(F)c(F)c2F)cc1. The Bertz CT molecular complexity index is 1260. The van der Waals surface area contributed by atoms with Crippen molar-refractivity contribution in [3.63, 3.8) is 0 Å². The minimum atomic E-state index is -5.23. The van der Waals surface area contributed by atoms with Gasteiger partial charge in [0.15, 0.2) is 28.2 Å². The number of nitrogens with zero attached hydrogens (tertiary/aromatic N) is 1. The lowest BCUT2D eigenvalue weighted by Gasteiger charge is -2.23. The Balaban J connectivity index is 2.09. The second-order valence-electron chi connectivity index (χ2n) is 6.80. The highest BCUT2D eigenvalue weighted by Crippen LogP contribution is 2.30. The molecule has 12 heteroatoms. The third-order valence-electron chi connectivity index (χ3n) is 4.65.